The summed E-state index contributed by atoms with van der Waals surface area (Å²) in [7, 11) is -4.28. The predicted molar refractivity (Wildman–Crippen MR) is 181 cm³/mol. The molecule has 1 aliphatic carbocycles. The van der Waals surface area contributed by atoms with Crippen molar-refractivity contribution in [1.82, 2.24) is 51.6 Å². The summed E-state index contributed by atoms with van der Waals surface area (Å²) in [6.45, 7) is 0.968. The van der Waals surface area contributed by atoms with Gasteiger partial charge in [-0.15, -0.1) is 10.2 Å². The fourth-order valence-electron chi connectivity index (χ4n) is 5.30. The molecule has 2 amide bonds. The highest BCUT2D eigenvalue weighted by molar-refractivity contribution is 7.89. The number of nitrogens with zero attached hydrogens (tertiary/aromatic N) is 3. The van der Waals surface area contributed by atoms with E-state index in [0.717, 1.165) is 47.9 Å². The first-order chi connectivity index (χ1) is 23.2. The fraction of sp³-hybridized carbons (Fsp3) is 0.419. The molecule has 256 valence electrons. The van der Waals surface area contributed by atoms with Gasteiger partial charge in [0.2, 0.25) is 21.8 Å². The van der Waals surface area contributed by atoms with Gasteiger partial charge in [0, 0.05) is 49.1 Å². The van der Waals surface area contributed by atoms with Gasteiger partial charge in [-0.05, 0) is 80.6 Å². The van der Waals surface area contributed by atoms with Gasteiger partial charge in [-0.2, -0.15) is 9.94 Å². The lowest BCUT2D eigenvalue weighted by atomic mass is 9.92. The molecule has 0 unspecified atom stereocenters. The first-order valence-corrected chi connectivity index (χ1v) is 17.7. The summed E-state index contributed by atoms with van der Waals surface area (Å²) in [5, 5.41) is 27.0. The van der Waals surface area contributed by atoms with Crippen LogP contribution in [0.15, 0.2) is 59.6 Å². The molecule has 1 aliphatic rings. The van der Waals surface area contributed by atoms with Crippen LogP contribution in [-0.2, 0) is 32.5 Å². The molecule has 2 atom stereocenters. The maximum atomic E-state index is 13.9. The first-order valence-electron chi connectivity index (χ1n) is 15.9. The molecule has 4 aromatic rings. The van der Waals surface area contributed by atoms with E-state index in [2.05, 4.69) is 51.6 Å². The Labute approximate surface area is 282 Å². The summed E-state index contributed by atoms with van der Waals surface area (Å²) >= 11 is 5.31. The highest BCUT2D eigenvalue weighted by Crippen LogP contribution is 2.21. The molecule has 1 saturated carbocycles. The third-order valence-corrected chi connectivity index (χ3v) is 9.89. The van der Waals surface area contributed by atoms with Crippen LogP contribution in [0.1, 0.15) is 49.9 Å². The zero-order valence-electron chi connectivity index (χ0n) is 26.2. The van der Waals surface area contributed by atoms with Crippen LogP contribution in [0.5, 0.6) is 0 Å². The van der Waals surface area contributed by atoms with Crippen LogP contribution in [0, 0.1) is 5.82 Å². The number of hydrogen-bond donors (Lipinski definition) is 7. The zero-order valence-corrected chi connectivity index (χ0v) is 27.8. The summed E-state index contributed by atoms with van der Waals surface area (Å²) in [5.74, 6) is -1.16. The Morgan fingerprint density at radius 1 is 1.02 bits per heavy atom. The molecule has 48 heavy (non-hydrogen) atoms. The number of rotatable bonds is 17. The van der Waals surface area contributed by atoms with Gasteiger partial charge in [0.15, 0.2) is 10.9 Å². The van der Waals surface area contributed by atoms with E-state index in [1.807, 2.05) is 30.5 Å². The summed E-state index contributed by atoms with van der Waals surface area (Å²) in [5.41, 5.74) is 1.73. The normalized spacial score (nSPS) is 14.5. The quantitative estimate of drug-likeness (QED) is 0.0630. The Balaban J connectivity index is 1.24. The Kier molecular flexibility index (Phi) is 12.0. The third-order valence-electron chi connectivity index (χ3n) is 8.13. The number of aromatic amines is 2. The number of sulfonamides is 1. The van der Waals surface area contributed by atoms with Crippen LogP contribution >= 0.6 is 12.2 Å². The number of hydrogen-bond acceptors (Lipinski definition) is 8. The van der Waals surface area contributed by atoms with Gasteiger partial charge >= 0.3 is 0 Å². The van der Waals surface area contributed by atoms with E-state index in [1.54, 1.807) is 0 Å². The average Bonchev–Trinajstić information content (AvgIpc) is 3.72. The average molecular weight is 699 g/mol. The molecule has 0 saturated heterocycles. The van der Waals surface area contributed by atoms with Crippen LogP contribution in [0.3, 0.4) is 0 Å². The van der Waals surface area contributed by atoms with Gasteiger partial charge in [0.1, 0.15) is 17.9 Å². The van der Waals surface area contributed by atoms with Crippen LogP contribution in [0.2, 0.25) is 0 Å². The van der Waals surface area contributed by atoms with E-state index in [1.165, 1.54) is 12.1 Å². The monoisotopic (exact) mass is 698 g/mol. The number of tetrazole rings is 1. The molecule has 0 aliphatic heterocycles. The lowest BCUT2D eigenvalue weighted by Gasteiger charge is -2.29. The van der Waals surface area contributed by atoms with Crippen molar-refractivity contribution in [3.63, 3.8) is 0 Å². The van der Waals surface area contributed by atoms with Gasteiger partial charge in [-0.1, -0.05) is 29.5 Å². The molecular weight excluding hydrogens is 660 g/mol. The topological polar surface area (TPSA) is 199 Å². The van der Waals surface area contributed by atoms with E-state index in [9.17, 15) is 22.4 Å². The summed E-state index contributed by atoms with van der Waals surface area (Å²) in [4.78, 5) is 30.2. The van der Waals surface area contributed by atoms with Gasteiger partial charge in [0.05, 0.1) is 4.90 Å². The Bertz CT molecular complexity index is 1800. The number of H-pyrrole nitrogens is 2. The van der Waals surface area contributed by atoms with Gasteiger partial charge in [0.25, 0.3) is 0 Å². The Morgan fingerprint density at radius 2 is 1.83 bits per heavy atom. The largest absolute Gasteiger partial charge is 0.363 e. The van der Waals surface area contributed by atoms with Crippen molar-refractivity contribution in [1.29, 1.82) is 0 Å². The number of benzene rings is 2. The number of carbonyl (C=O) groups excluding carboxylic acids is 2. The van der Waals surface area contributed by atoms with Crippen molar-refractivity contribution in [3.8, 4) is 0 Å². The second-order valence-corrected chi connectivity index (χ2v) is 13.8. The standard InChI is InChI=1S/C31H39FN10O4S2/c32-21-7-5-10-23(18-21)48(45,46)40-26(13-3-4-15-33-31(47)34-16-14-28-38-41-42-39-28)29(43)37-27(30(44)36-22-8-6-9-22)17-20-19-35-25-12-2-1-11-24(20)25/h1-2,5,7,10-12,18-19,22,26-27,35,40H,3-4,6,8-9,13-17H2,(H,36,44)(H,37,43)(H2,33,34,47)(H,38,39,41,42)/t26-,27-/m0/s1. The zero-order chi connectivity index (χ0) is 33.9. The predicted octanol–water partition coefficient (Wildman–Crippen LogP) is 1.74. The van der Waals surface area contributed by atoms with E-state index in [4.69, 9.17) is 12.2 Å². The maximum absolute atomic E-state index is 13.9. The lowest BCUT2D eigenvalue weighted by Crippen LogP contribution is -2.56. The second-order valence-electron chi connectivity index (χ2n) is 11.6. The molecular formula is C31H39FN10O4S2. The minimum Gasteiger partial charge on any atom is -0.363 e. The van der Waals surface area contributed by atoms with Crippen molar-refractivity contribution in [3.05, 3.63) is 71.9 Å². The molecule has 17 heteroatoms. The SMILES string of the molecule is O=C(NC1CCC1)[C@H](Cc1c[nH]c2ccccc12)NC(=O)[C@H](CCCCNC(=S)NCCc1nn[nH]n1)NS(=O)(=O)c1cccc(F)c1. The molecule has 7 N–H and O–H groups in total. The number of unbranched alkanes of at least 4 members (excludes halogenated alkanes) is 1. The lowest BCUT2D eigenvalue weighted by molar-refractivity contribution is -0.130. The molecule has 0 spiro atoms. The minimum absolute atomic E-state index is 0.0363. The van der Waals surface area contributed by atoms with E-state index >= 15 is 0 Å². The molecule has 5 rings (SSSR count). The van der Waals surface area contributed by atoms with Crippen LogP contribution in [-0.4, -0.2) is 82.2 Å². The highest BCUT2D eigenvalue weighted by Gasteiger charge is 2.31. The van der Waals surface area contributed by atoms with Gasteiger partial charge in [-0.25, -0.2) is 12.8 Å². The number of para-hydroxylation sites is 1. The number of halogens is 1. The summed E-state index contributed by atoms with van der Waals surface area (Å²) in [6, 6.07) is 10.1. The van der Waals surface area contributed by atoms with Crippen LogP contribution < -0.4 is 26.0 Å². The molecule has 1 fully saturated rings. The number of carbonyl (C=O) groups is 2. The number of aromatic nitrogens is 5. The Hall–Kier alpha value is -4.48. The number of amides is 2. The number of nitrogens with one attached hydrogen (secondary N) is 7. The van der Waals surface area contributed by atoms with E-state index in [0.29, 0.717) is 43.3 Å². The first kappa shape index (κ1) is 34.8. The molecule has 0 bridgehead atoms. The van der Waals surface area contributed by atoms with E-state index < -0.39 is 33.8 Å². The maximum Gasteiger partial charge on any atom is 0.243 e. The number of fused-ring (bicyclic) bond motifs is 1. The van der Waals surface area contributed by atoms with Crippen molar-refractivity contribution < 1.29 is 22.4 Å². The fourth-order valence-corrected chi connectivity index (χ4v) is 6.77. The van der Waals surface area contributed by atoms with Crippen LogP contribution in [0.25, 0.3) is 10.9 Å². The minimum atomic E-state index is -4.28. The number of thiocarbonyl (C=S) groups is 1. The van der Waals surface area contributed by atoms with Crippen molar-refractivity contribution in [2.45, 2.75) is 74.4 Å². The smallest absolute Gasteiger partial charge is 0.243 e. The highest BCUT2D eigenvalue weighted by atomic mass is 32.2. The molecule has 0 radical (unpaired) electrons. The molecule has 2 heterocycles. The van der Waals surface area contributed by atoms with E-state index in [-0.39, 0.29) is 29.7 Å². The third kappa shape index (κ3) is 9.77. The molecule has 2 aromatic carbocycles. The van der Waals surface area contributed by atoms with Crippen molar-refractivity contribution in [2.24, 2.45) is 0 Å². The Morgan fingerprint density at radius 3 is 2.58 bits per heavy atom. The van der Waals surface area contributed by atoms with Gasteiger partial charge in [-0.3, -0.25) is 9.59 Å². The second kappa shape index (κ2) is 16.6. The summed E-state index contributed by atoms with van der Waals surface area (Å²) in [6.07, 6.45) is 6.38. The van der Waals surface area contributed by atoms with Crippen molar-refractivity contribution >= 4 is 50.1 Å². The van der Waals surface area contributed by atoms with Crippen molar-refractivity contribution in [2.75, 3.05) is 13.1 Å². The molecule has 14 nitrogen and oxygen atoms in total. The molecule has 2 aromatic heterocycles. The summed E-state index contributed by atoms with van der Waals surface area (Å²) < 4.78 is 43.0. The van der Waals surface area contributed by atoms with Crippen LogP contribution in [0.4, 0.5) is 4.39 Å². The van der Waals surface area contributed by atoms with Gasteiger partial charge < -0.3 is 26.3 Å².